The highest BCUT2D eigenvalue weighted by molar-refractivity contribution is 5.84. The molecular weight excluding hydrogens is 452 g/mol. The molecule has 0 radical (unpaired) electrons. The quantitative estimate of drug-likeness (QED) is 0.171. The fraction of sp³-hybridized carbons (Fsp3) is 0.133. The zero-order valence-corrected chi connectivity index (χ0v) is 18.9. The second kappa shape index (κ2) is 10.8. The van der Waals surface area contributed by atoms with E-state index in [1.54, 1.807) is 24.3 Å². The minimum absolute atomic E-state index is 0.106. The van der Waals surface area contributed by atoms with Gasteiger partial charge in [-0.3, -0.25) is 0 Å². The standard InChI is InChI=1S/C30H20F4O/c1-2-3-16-35-24-11-6-20(7-12-24)4-5-22-18-28(32)26(29(33)19-22)14-9-21-8-13-25-23(17-21)10-15-27(31)30(25)34/h6-8,10-13,15,17-19H,2-3,16H2,1H3. The average molecular weight is 472 g/mol. The summed E-state index contributed by atoms with van der Waals surface area (Å²) in [6.07, 6.45) is 2.02. The topological polar surface area (TPSA) is 9.23 Å². The molecule has 4 aromatic carbocycles. The van der Waals surface area contributed by atoms with Crippen LogP contribution in [-0.4, -0.2) is 6.61 Å². The van der Waals surface area contributed by atoms with Crippen LogP contribution in [0.15, 0.2) is 66.7 Å². The summed E-state index contributed by atoms with van der Waals surface area (Å²) in [6, 6.07) is 16.2. The molecule has 0 bridgehead atoms. The molecule has 0 heterocycles. The lowest BCUT2D eigenvalue weighted by Gasteiger charge is -2.04. The van der Waals surface area contributed by atoms with Crippen molar-refractivity contribution in [3.63, 3.8) is 0 Å². The van der Waals surface area contributed by atoms with Crippen LogP contribution in [-0.2, 0) is 0 Å². The van der Waals surface area contributed by atoms with Gasteiger partial charge in [-0.25, -0.2) is 17.6 Å². The van der Waals surface area contributed by atoms with E-state index < -0.39 is 28.8 Å². The second-order valence-electron chi connectivity index (χ2n) is 7.84. The van der Waals surface area contributed by atoms with Crippen LogP contribution >= 0.6 is 0 Å². The molecule has 0 spiro atoms. The van der Waals surface area contributed by atoms with Gasteiger partial charge < -0.3 is 4.74 Å². The van der Waals surface area contributed by atoms with Gasteiger partial charge in [0, 0.05) is 22.1 Å². The molecule has 0 N–H and O–H groups in total. The average Bonchev–Trinajstić information content (AvgIpc) is 2.85. The van der Waals surface area contributed by atoms with E-state index in [9.17, 15) is 17.6 Å². The zero-order valence-electron chi connectivity index (χ0n) is 18.9. The minimum Gasteiger partial charge on any atom is -0.494 e. The van der Waals surface area contributed by atoms with Crippen molar-refractivity contribution in [3.8, 4) is 29.4 Å². The summed E-state index contributed by atoms with van der Waals surface area (Å²) in [5.74, 6) is 7.97. The molecule has 0 aromatic heterocycles. The summed E-state index contributed by atoms with van der Waals surface area (Å²) in [4.78, 5) is 0. The molecule has 1 nitrogen and oxygen atoms in total. The Bertz CT molecular complexity index is 1480. The van der Waals surface area contributed by atoms with Crippen molar-refractivity contribution in [1.29, 1.82) is 0 Å². The van der Waals surface area contributed by atoms with Gasteiger partial charge in [0.05, 0.1) is 12.2 Å². The third-order valence-electron chi connectivity index (χ3n) is 5.25. The smallest absolute Gasteiger partial charge is 0.166 e. The molecule has 174 valence electrons. The van der Waals surface area contributed by atoms with Crippen molar-refractivity contribution >= 4 is 10.8 Å². The molecule has 0 aliphatic heterocycles. The van der Waals surface area contributed by atoms with E-state index in [1.807, 2.05) is 0 Å². The van der Waals surface area contributed by atoms with E-state index >= 15 is 0 Å². The number of benzene rings is 4. The lowest BCUT2D eigenvalue weighted by atomic mass is 10.1. The highest BCUT2D eigenvalue weighted by Crippen LogP contribution is 2.22. The van der Waals surface area contributed by atoms with E-state index in [4.69, 9.17) is 4.74 Å². The molecule has 0 fully saturated rings. The normalized spacial score (nSPS) is 10.3. The Morgan fingerprint density at radius 2 is 1.31 bits per heavy atom. The van der Waals surface area contributed by atoms with Gasteiger partial charge in [-0.05, 0) is 66.4 Å². The molecule has 5 heteroatoms. The molecule has 0 aliphatic carbocycles. The number of hydrogen-bond acceptors (Lipinski definition) is 1. The van der Waals surface area contributed by atoms with Crippen LogP contribution in [0.2, 0.25) is 0 Å². The van der Waals surface area contributed by atoms with Crippen LogP contribution in [0, 0.1) is 47.0 Å². The number of rotatable bonds is 4. The largest absolute Gasteiger partial charge is 0.494 e. The minimum atomic E-state index is -0.952. The number of ether oxygens (including phenoxy) is 1. The van der Waals surface area contributed by atoms with Crippen molar-refractivity contribution in [1.82, 2.24) is 0 Å². The maximum absolute atomic E-state index is 14.6. The first kappa shape index (κ1) is 23.9. The fourth-order valence-corrected chi connectivity index (χ4v) is 3.36. The summed E-state index contributed by atoms with van der Waals surface area (Å²) >= 11 is 0. The molecule has 4 rings (SSSR count). The van der Waals surface area contributed by atoms with E-state index in [-0.39, 0.29) is 10.9 Å². The maximum atomic E-state index is 14.6. The molecule has 35 heavy (non-hydrogen) atoms. The van der Waals surface area contributed by atoms with E-state index in [1.165, 1.54) is 24.3 Å². The third-order valence-corrected chi connectivity index (χ3v) is 5.25. The first-order valence-electron chi connectivity index (χ1n) is 11.1. The highest BCUT2D eigenvalue weighted by atomic mass is 19.2. The van der Waals surface area contributed by atoms with Crippen LogP contribution in [0.5, 0.6) is 5.75 Å². The van der Waals surface area contributed by atoms with Crippen LogP contribution in [0.1, 0.15) is 42.0 Å². The molecule has 0 saturated carbocycles. The number of hydrogen-bond donors (Lipinski definition) is 0. The Balaban J connectivity index is 1.52. The van der Waals surface area contributed by atoms with Gasteiger partial charge in [0.15, 0.2) is 11.6 Å². The predicted molar refractivity (Wildman–Crippen MR) is 129 cm³/mol. The Hall–Kier alpha value is -4.22. The highest BCUT2D eigenvalue weighted by Gasteiger charge is 2.09. The number of fused-ring (bicyclic) bond motifs is 1. The second-order valence-corrected chi connectivity index (χ2v) is 7.84. The maximum Gasteiger partial charge on any atom is 0.166 e. The monoisotopic (exact) mass is 472 g/mol. The van der Waals surface area contributed by atoms with Crippen LogP contribution in [0.25, 0.3) is 10.8 Å². The number of unbranched alkanes of at least 4 members (excludes halogenated alkanes) is 1. The Kier molecular flexibility index (Phi) is 7.38. The first-order valence-corrected chi connectivity index (χ1v) is 11.1. The Morgan fingerprint density at radius 3 is 2.03 bits per heavy atom. The van der Waals surface area contributed by atoms with Crippen LogP contribution in [0.3, 0.4) is 0 Å². The summed E-state index contributed by atoms with van der Waals surface area (Å²) in [5.41, 5.74) is 0.880. The lowest BCUT2D eigenvalue weighted by molar-refractivity contribution is 0.309. The summed E-state index contributed by atoms with van der Waals surface area (Å²) < 4.78 is 61.9. The predicted octanol–water partition coefficient (Wildman–Crippen LogP) is 7.37. The van der Waals surface area contributed by atoms with Gasteiger partial charge in [-0.15, -0.1) is 0 Å². The summed E-state index contributed by atoms with van der Waals surface area (Å²) in [6.45, 7) is 2.74. The van der Waals surface area contributed by atoms with Crippen molar-refractivity contribution < 1.29 is 22.3 Å². The zero-order chi connectivity index (χ0) is 24.8. The molecule has 0 unspecified atom stereocenters. The molecule has 0 atom stereocenters. The van der Waals surface area contributed by atoms with Crippen molar-refractivity contribution in [2.45, 2.75) is 19.8 Å². The lowest BCUT2D eigenvalue weighted by Crippen LogP contribution is -1.95. The molecule has 0 saturated heterocycles. The van der Waals surface area contributed by atoms with Gasteiger partial charge in [0.1, 0.15) is 17.4 Å². The van der Waals surface area contributed by atoms with E-state index in [0.717, 1.165) is 36.8 Å². The van der Waals surface area contributed by atoms with Gasteiger partial charge in [-0.2, -0.15) is 0 Å². The van der Waals surface area contributed by atoms with Crippen LogP contribution < -0.4 is 4.74 Å². The summed E-state index contributed by atoms with van der Waals surface area (Å²) in [7, 11) is 0. The van der Waals surface area contributed by atoms with E-state index in [2.05, 4.69) is 30.6 Å². The Morgan fingerprint density at radius 1 is 0.657 bits per heavy atom. The van der Waals surface area contributed by atoms with Gasteiger partial charge in [0.2, 0.25) is 0 Å². The van der Waals surface area contributed by atoms with Gasteiger partial charge >= 0.3 is 0 Å². The van der Waals surface area contributed by atoms with E-state index in [0.29, 0.717) is 23.1 Å². The van der Waals surface area contributed by atoms with Gasteiger partial charge in [0.25, 0.3) is 0 Å². The number of halogens is 4. The van der Waals surface area contributed by atoms with Gasteiger partial charge in [-0.1, -0.05) is 49.2 Å². The molecule has 4 aromatic rings. The van der Waals surface area contributed by atoms with Crippen molar-refractivity contribution in [2.75, 3.05) is 6.61 Å². The Labute approximate surface area is 201 Å². The summed E-state index contributed by atoms with van der Waals surface area (Å²) in [5, 5.41) is 0.539. The van der Waals surface area contributed by atoms with Crippen molar-refractivity contribution in [3.05, 3.63) is 112 Å². The van der Waals surface area contributed by atoms with Crippen LogP contribution in [0.4, 0.5) is 17.6 Å². The third kappa shape index (κ3) is 5.83. The first-order chi connectivity index (χ1) is 16.9. The molecule has 0 aliphatic rings. The SMILES string of the molecule is CCCCOc1ccc(C#Cc2cc(F)c(C#Cc3ccc4c(F)c(F)ccc4c3)c(F)c2)cc1. The molecule has 0 amide bonds. The molecular formula is C30H20F4O. The van der Waals surface area contributed by atoms with Crippen molar-refractivity contribution in [2.24, 2.45) is 0 Å². The fourth-order valence-electron chi connectivity index (χ4n) is 3.36.